The van der Waals surface area contributed by atoms with Crippen molar-refractivity contribution in [2.24, 2.45) is 0 Å². The number of para-hydroxylation sites is 1. The van der Waals surface area contributed by atoms with Gasteiger partial charge in [-0.25, -0.2) is 4.98 Å². The molecule has 0 aliphatic rings. The highest BCUT2D eigenvalue weighted by molar-refractivity contribution is 6.31. The number of nitrogens with one attached hydrogen (secondary N) is 2. The van der Waals surface area contributed by atoms with Crippen LogP contribution in [0.3, 0.4) is 0 Å². The van der Waals surface area contributed by atoms with Crippen molar-refractivity contribution in [3.05, 3.63) is 83.4 Å². The van der Waals surface area contributed by atoms with E-state index in [1.54, 1.807) is 12.1 Å². The molecule has 5 nitrogen and oxygen atoms in total. The zero-order chi connectivity index (χ0) is 18.6. The van der Waals surface area contributed by atoms with Crippen LogP contribution in [-0.2, 0) is 6.54 Å². The molecule has 6 heteroatoms. The largest absolute Gasteiger partial charge is 0.506 e. The molecule has 134 valence electrons. The summed E-state index contributed by atoms with van der Waals surface area (Å²) in [5, 5.41) is 17.9. The van der Waals surface area contributed by atoms with Crippen molar-refractivity contribution in [2.45, 2.75) is 6.54 Å². The molecule has 4 aromatic rings. The lowest BCUT2D eigenvalue weighted by molar-refractivity contribution is 0.477. The van der Waals surface area contributed by atoms with Gasteiger partial charge in [-0.05, 0) is 35.9 Å². The van der Waals surface area contributed by atoms with E-state index < -0.39 is 0 Å². The van der Waals surface area contributed by atoms with Gasteiger partial charge >= 0.3 is 0 Å². The predicted octanol–water partition coefficient (Wildman–Crippen LogP) is 5.34. The van der Waals surface area contributed by atoms with Crippen LogP contribution in [0.2, 0.25) is 5.02 Å². The molecule has 1 heterocycles. The standard InChI is InChI=1S/C21H17ClN4O/c22-15-10-11-19(27)18(12-15)25-21-24-17-9-5-4-8-16(17)20(26-21)23-13-14-6-2-1-3-7-14/h1-12,27H,13H2,(H2,23,24,25,26). The molecule has 1 aromatic heterocycles. The second-order valence-corrected chi connectivity index (χ2v) is 6.48. The molecule has 0 atom stereocenters. The molecular formula is C21H17ClN4O. The van der Waals surface area contributed by atoms with E-state index in [4.69, 9.17) is 11.6 Å². The summed E-state index contributed by atoms with van der Waals surface area (Å²) in [6.07, 6.45) is 0. The molecule has 0 saturated carbocycles. The summed E-state index contributed by atoms with van der Waals surface area (Å²) in [6, 6.07) is 22.7. The van der Waals surface area contributed by atoms with Gasteiger partial charge in [-0.2, -0.15) is 4.98 Å². The number of aromatic nitrogens is 2. The van der Waals surface area contributed by atoms with Gasteiger partial charge in [-0.15, -0.1) is 0 Å². The fourth-order valence-corrected chi connectivity index (χ4v) is 2.95. The number of phenolic OH excluding ortho intramolecular Hbond substituents is 1. The Balaban J connectivity index is 1.68. The van der Waals surface area contributed by atoms with E-state index >= 15 is 0 Å². The predicted molar refractivity (Wildman–Crippen MR) is 110 cm³/mol. The van der Waals surface area contributed by atoms with Gasteiger partial charge in [0.2, 0.25) is 5.95 Å². The molecule has 0 bridgehead atoms. The van der Waals surface area contributed by atoms with Crippen LogP contribution in [0.25, 0.3) is 10.9 Å². The number of benzene rings is 3. The molecule has 0 fully saturated rings. The number of phenols is 1. The highest BCUT2D eigenvalue weighted by atomic mass is 35.5. The third kappa shape index (κ3) is 3.93. The summed E-state index contributed by atoms with van der Waals surface area (Å²) in [5.41, 5.74) is 2.40. The Morgan fingerprint density at radius 2 is 1.67 bits per heavy atom. The van der Waals surface area contributed by atoms with Crippen LogP contribution in [0.15, 0.2) is 72.8 Å². The van der Waals surface area contributed by atoms with E-state index in [1.165, 1.54) is 6.07 Å². The first kappa shape index (κ1) is 17.1. The summed E-state index contributed by atoms with van der Waals surface area (Å²) in [6.45, 7) is 0.643. The summed E-state index contributed by atoms with van der Waals surface area (Å²) in [5.74, 6) is 1.17. The number of nitrogens with zero attached hydrogens (tertiary/aromatic N) is 2. The fourth-order valence-electron chi connectivity index (χ4n) is 2.78. The van der Waals surface area contributed by atoms with E-state index in [1.807, 2.05) is 42.5 Å². The molecule has 0 aliphatic heterocycles. The maximum absolute atomic E-state index is 10.0. The van der Waals surface area contributed by atoms with Gasteiger partial charge in [0.15, 0.2) is 0 Å². The maximum Gasteiger partial charge on any atom is 0.229 e. The minimum Gasteiger partial charge on any atom is -0.506 e. The van der Waals surface area contributed by atoms with Crippen molar-refractivity contribution in [3.8, 4) is 5.75 Å². The Kier molecular flexibility index (Phi) is 4.77. The van der Waals surface area contributed by atoms with Gasteiger partial charge < -0.3 is 15.7 Å². The first-order chi connectivity index (χ1) is 13.2. The van der Waals surface area contributed by atoms with E-state index in [9.17, 15) is 5.11 Å². The van der Waals surface area contributed by atoms with Crippen LogP contribution in [-0.4, -0.2) is 15.1 Å². The number of halogens is 1. The van der Waals surface area contributed by atoms with Crippen molar-refractivity contribution in [1.29, 1.82) is 0 Å². The normalized spacial score (nSPS) is 10.7. The number of hydrogen-bond acceptors (Lipinski definition) is 5. The second-order valence-electron chi connectivity index (χ2n) is 6.04. The number of rotatable bonds is 5. The van der Waals surface area contributed by atoms with Crippen LogP contribution in [0, 0.1) is 0 Å². The summed E-state index contributed by atoms with van der Waals surface area (Å²) >= 11 is 6.02. The molecule has 0 amide bonds. The molecule has 0 aliphatic carbocycles. The monoisotopic (exact) mass is 376 g/mol. The van der Waals surface area contributed by atoms with Crippen molar-refractivity contribution < 1.29 is 5.11 Å². The third-order valence-electron chi connectivity index (χ3n) is 4.11. The first-order valence-corrected chi connectivity index (χ1v) is 8.87. The van der Waals surface area contributed by atoms with Crippen molar-refractivity contribution in [3.63, 3.8) is 0 Å². The van der Waals surface area contributed by atoms with E-state index in [0.717, 1.165) is 16.5 Å². The van der Waals surface area contributed by atoms with Crippen molar-refractivity contribution in [1.82, 2.24) is 9.97 Å². The van der Waals surface area contributed by atoms with Gasteiger partial charge in [0.1, 0.15) is 11.6 Å². The quantitative estimate of drug-likeness (QED) is 0.410. The lowest BCUT2D eigenvalue weighted by Gasteiger charge is -2.13. The van der Waals surface area contributed by atoms with Gasteiger partial charge in [0.25, 0.3) is 0 Å². The molecular weight excluding hydrogens is 360 g/mol. The van der Waals surface area contributed by atoms with Crippen LogP contribution in [0.1, 0.15) is 5.56 Å². The summed E-state index contributed by atoms with van der Waals surface area (Å²) in [7, 11) is 0. The van der Waals surface area contributed by atoms with E-state index in [2.05, 4.69) is 32.7 Å². The number of anilines is 3. The Morgan fingerprint density at radius 3 is 2.52 bits per heavy atom. The maximum atomic E-state index is 10.0. The zero-order valence-corrected chi connectivity index (χ0v) is 15.1. The molecule has 0 saturated heterocycles. The lowest BCUT2D eigenvalue weighted by atomic mass is 10.2. The smallest absolute Gasteiger partial charge is 0.229 e. The summed E-state index contributed by atoms with van der Waals surface area (Å²) in [4.78, 5) is 9.14. The lowest BCUT2D eigenvalue weighted by Crippen LogP contribution is -2.05. The SMILES string of the molecule is Oc1ccc(Cl)cc1Nc1nc(NCc2ccccc2)c2ccccc2n1. The highest BCUT2D eigenvalue weighted by Gasteiger charge is 2.10. The van der Waals surface area contributed by atoms with Gasteiger partial charge in [0, 0.05) is 17.0 Å². The summed E-state index contributed by atoms with van der Waals surface area (Å²) < 4.78 is 0. The van der Waals surface area contributed by atoms with Crippen molar-refractivity contribution >= 4 is 40.0 Å². The molecule has 4 rings (SSSR count). The van der Waals surface area contributed by atoms with Gasteiger partial charge in [-0.1, -0.05) is 54.1 Å². The van der Waals surface area contributed by atoms with Gasteiger partial charge in [-0.3, -0.25) is 0 Å². The number of aromatic hydroxyl groups is 1. The van der Waals surface area contributed by atoms with Crippen LogP contribution in [0.4, 0.5) is 17.5 Å². The average Bonchev–Trinajstić information content (AvgIpc) is 2.70. The van der Waals surface area contributed by atoms with Crippen LogP contribution in [0.5, 0.6) is 5.75 Å². The Hall–Kier alpha value is -3.31. The molecule has 0 radical (unpaired) electrons. The average molecular weight is 377 g/mol. The Bertz CT molecular complexity index is 1090. The van der Waals surface area contributed by atoms with E-state index in [-0.39, 0.29) is 5.75 Å². The minimum atomic E-state index is 0.0787. The van der Waals surface area contributed by atoms with Crippen LogP contribution < -0.4 is 10.6 Å². The molecule has 0 unspecified atom stereocenters. The molecule has 27 heavy (non-hydrogen) atoms. The minimum absolute atomic E-state index is 0.0787. The number of fused-ring (bicyclic) bond motifs is 1. The molecule has 3 aromatic carbocycles. The van der Waals surface area contributed by atoms with Crippen LogP contribution >= 0.6 is 11.6 Å². The first-order valence-electron chi connectivity index (χ1n) is 8.49. The topological polar surface area (TPSA) is 70.1 Å². The zero-order valence-electron chi connectivity index (χ0n) is 14.4. The Labute approximate surface area is 161 Å². The molecule has 0 spiro atoms. The van der Waals surface area contributed by atoms with Gasteiger partial charge in [0.05, 0.1) is 11.2 Å². The second kappa shape index (κ2) is 7.51. The molecule has 3 N–H and O–H groups in total. The highest BCUT2D eigenvalue weighted by Crippen LogP contribution is 2.30. The van der Waals surface area contributed by atoms with Crippen molar-refractivity contribution in [2.75, 3.05) is 10.6 Å². The Morgan fingerprint density at radius 1 is 0.889 bits per heavy atom. The number of hydrogen-bond donors (Lipinski definition) is 3. The third-order valence-corrected chi connectivity index (χ3v) is 4.35. The fraction of sp³-hybridized carbons (Fsp3) is 0.0476. The van der Waals surface area contributed by atoms with E-state index in [0.29, 0.717) is 29.0 Å².